The number of rotatable bonds is 4. The number of carbonyl (C=O) groups is 3. The first-order valence-corrected chi connectivity index (χ1v) is 13.0. The van der Waals surface area contributed by atoms with Gasteiger partial charge in [0.05, 0.1) is 13.2 Å². The van der Waals surface area contributed by atoms with E-state index in [1.54, 1.807) is 55.6 Å². The number of hydrogen-bond acceptors (Lipinski definition) is 5. The van der Waals surface area contributed by atoms with Crippen LogP contribution in [0.1, 0.15) is 48.1 Å². The number of ether oxygens (including phenoxy) is 1. The van der Waals surface area contributed by atoms with Gasteiger partial charge in [0.15, 0.2) is 17.3 Å². The van der Waals surface area contributed by atoms with Crippen LogP contribution in [0.15, 0.2) is 109 Å². The molecular weight excluding hydrogens is 486 g/mol. The zero-order chi connectivity index (χ0) is 26.7. The van der Waals surface area contributed by atoms with Crippen molar-refractivity contribution in [1.29, 1.82) is 0 Å². The van der Waals surface area contributed by atoms with E-state index in [9.17, 15) is 14.4 Å². The molecule has 4 aromatic rings. The highest BCUT2D eigenvalue weighted by Crippen LogP contribution is 2.60. The van der Waals surface area contributed by atoms with Crippen molar-refractivity contribution < 1.29 is 19.1 Å². The minimum atomic E-state index is -1.48. The number of ketones is 3. The molecule has 1 saturated heterocycles. The van der Waals surface area contributed by atoms with Gasteiger partial charge in [-0.25, -0.2) is 0 Å². The predicted octanol–water partition coefficient (Wildman–Crippen LogP) is 6.01. The Kier molecular flexibility index (Phi) is 5.17. The fraction of sp³-hybridized carbons (Fsp3) is 0.147. The fourth-order valence-corrected chi connectivity index (χ4v) is 6.88. The summed E-state index contributed by atoms with van der Waals surface area (Å²) in [5.74, 6) is -0.645. The van der Waals surface area contributed by atoms with Gasteiger partial charge in [0.2, 0.25) is 0 Å². The molecule has 2 aliphatic heterocycles. The number of benzene rings is 4. The summed E-state index contributed by atoms with van der Waals surface area (Å²) >= 11 is 0. The summed E-state index contributed by atoms with van der Waals surface area (Å²) in [6.45, 7) is 0. The number of fused-ring (bicyclic) bond motifs is 5. The molecule has 5 heteroatoms. The van der Waals surface area contributed by atoms with Crippen LogP contribution >= 0.6 is 0 Å². The van der Waals surface area contributed by atoms with Crippen LogP contribution in [0, 0.1) is 5.41 Å². The lowest BCUT2D eigenvalue weighted by Crippen LogP contribution is -2.48. The monoisotopic (exact) mass is 511 g/mol. The van der Waals surface area contributed by atoms with Gasteiger partial charge in [0, 0.05) is 28.3 Å². The van der Waals surface area contributed by atoms with E-state index >= 15 is 0 Å². The fourth-order valence-electron chi connectivity index (χ4n) is 6.88. The van der Waals surface area contributed by atoms with E-state index < -0.39 is 23.4 Å². The third-order valence-electron chi connectivity index (χ3n) is 8.51. The molecule has 0 amide bonds. The van der Waals surface area contributed by atoms with E-state index in [1.165, 1.54) is 0 Å². The zero-order valence-electron chi connectivity index (χ0n) is 21.3. The van der Waals surface area contributed by atoms with E-state index in [2.05, 4.69) is 0 Å². The van der Waals surface area contributed by atoms with Gasteiger partial charge >= 0.3 is 0 Å². The highest BCUT2D eigenvalue weighted by Gasteiger charge is 2.71. The number of anilines is 1. The average molecular weight is 512 g/mol. The van der Waals surface area contributed by atoms with Crippen LogP contribution < -0.4 is 9.64 Å². The highest BCUT2D eigenvalue weighted by atomic mass is 16.5. The minimum absolute atomic E-state index is 0.143. The van der Waals surface area contributed by atoms with Crippen LogP contribution in [0.4, 0.5) is 5.69 Å². The van der Waals surface area contributed by atoms with E-state index in [0.717, 1.165) is 16.8 Å². The van der Waals surface area contributed by atoms with Gasteiger partial charge in [0.25, 0.3) is 0 Å². The van der Waals surface area contributed by atoms with Gasteiger partial charge in [-0.05, 0) is 41.5 Å². The van der Waals surface area contributed by atoms with E-state index in [0.29, 0.717) is 22.4 Å². The topological polar surface area (TPSA) is 63.7 Å². The SMILES string of the molecule is COc1ccc(C(=O)[C@H]2[C@H](c3ccccc3)C3(C(=O)c4ccccc4C3=O)[C@H]3C=Cc4ccccc4N23)cc1. The number of methoxy groups -OCH3 is 1. The molecule has 2 heterocycles. The molecule has 4 aromatic carbocycles. The minimum Gasteiger partial charge on any atom is -0.497 e. The summed E-state index contributed by atoms with van der Waals surface area (Å²) in [4.78, 5) is 45.7. The van der Waals surface area contributed by atoms with Crippen molar-refractivity contribution in [3.05, 3.63) is 137 Å². The van der Waals surface area contributed by atoms with Gasteiger partial charge in [-0.1, -0.05) is 84.9 Å². The molecule has 1 aliphatic carbocycles. The average Bonchev–Trinajstić information content (AvgIpc) is 3.43. The Bertz CT molecular complexity index is 1640. The van der Waals surface area contributed by atoms with Crippen molar-refractivity contribution in [2.45, 2.75) is 18.0 Å². The van der Waals surface area contributed by atoms with E-state index in [-0.39, 0.29) is 17.3 Å². The molecule has 3 atom stereocenters. The molecule has 7 rings (SSSR count). The smallest absolute Gasteiger partial charge is 0.185 e. The van der Waals surface area contributed by atoms with Crippen LogP contribution in [0.5, 0.6) is 5.75 Å². The molecular formula is C34H25NO4. The third-order valence-corrected chi connectivity index (χ3v) is 8.51. The standard InChI is InChI=1S/C34H25NO4/c1-39-24-18-15-23(16-19-24)31(36)30-29(22-10-3-2-4-11-22)34(32(37)25-12-6-7-13-26(25)33(34)38)28-20-17-21-9-5-8-14-27(21)35(28)30/h2-20,28-30H,1H3/t28-,29+,30-/m1/s1. The van der Waals surface area contributed by atoms with Gasteiger partial charge < -0.3 is 9.64 Å². The lowest BCUT2D eigenvalue weighted by atomic mass is 9.64. The third kappa shape index (κ3) is 3.10. The Morgan fingerprint density at radius 1 is 0.769 bits per heavy atom. The number of Topliss-reactive ketones (excluding diaryl/α,β-unsaturated/α-hetero) is 3. The number of para-hydroxylation sites is 1. The quantitative estimate of drug-likeness (QED) is 0.248. The second-order valence-corrected chi connectivity index (χ2v) is 10.3. The zero-order valence-corrected chi connectivity index (χ0v) is 21.3. The van der Waals surface area contributed by atoms with Gasteiger partial charge in [-0.15, -0.1) is 0 Å². The maximum Gasteiger partial charge on any atom is 0.185 e. The number of hydrogen-bond donors (Lipinski definition) is 0. The molecule has 0 aromatic heterocycles. The molecule has 5 nitrogen and oxygen atoms in total. The first-order valence-electron chi connectivity index (χ1n) is 13.0. The van der Waals surface area contributed by atoms with Crippen molar-refractivity contribution in [1.82, 2.24) is 0 Å². The predicted molar refractivity (Wildman–Crippen MR) is 150 cm³/mol. The first kappa shape index (κ1) is 23.4. The summed E-state index contributed by atoms with van der Waals surface area (Å²) in [5.41, 5.74) is 2.44. The van der Waals surface area contributed by atoms with Crippen molar-refractivity contribution in [3.8, 4) is 5.75 Å². The van der Waals surface area contributed by atoms with Crippen molar-refractivity contribution in [3.63, 3.8) is 0 Å². The van der Waals surface area contributed by atoms with Crippen molar-refractivity contribution in [2.24, 2.45) is 5.41 Å². The molecule has 0 N–H and O–H groups in total. The maximum atomic E-state index is 14.6. The Hall–Kier alpha value is -4.77. The van der Waals surface area contributed by atoms with Crippen LogP contribution in [0.2, 0.25) is 0 Å². The Balaban J connectivity index is 1.52. The number of nitrogens with zero attached hydrogens (tertiary/aromatic N) is 1. The lowest BCUT2D eigenvalue weighted by molar-refractivity contribution is 0.0666. The van der Waals surface area contributed by atoms with Crippen LogP contribution in [-0.4, -0.2) is 36.5 Å². The number of carbonyl (C=O) groups excluding carboxylic acids is 3. The van der Waals surface area contributed by atoms with Crippen LogP contribution in [-0.2, 0) is 0 Å². The summed E-state index contributed by atoms with van der Waals surface area (Å²) in [5, 5.41) is 0. The lowest BCUT2D eigenvalue weighted by Gasteiger charge is -2.37. The highest BCUT2D eigenvalue weighted by molar-refractivity contribution is 6.32. The van der Waals surface area contributed by atoms with Crippen LogP contribution in [0.25, 0.3) is 6.08 Å². The normalized spacial score (nSPS) is 22.0. The van der Waals surface area contributed by atoms with E-state index in [1.807, 2.05) is 71.6 Å². The summed E-state index contributed by atoms with van der Waals surface area (Å²) in [7, 11) is 1.58. The summed E-state index contributed by atoms with van der Waals surface area (Å²) in [6.07, 6.45) is 3.92. The molecule has 190 valence electrons. The molecule has 1 fully saturated rings. The molecule has 0 saturated carbocycles. The molecule has 0 bridgehead atoms. The second kappa shape index (κ2) is 8.63. The van der Waals surface area contributed by atoms with Crippen molar-refractivity contribution >= 4 is 29.1 Å². The Morgan fingerprint density at radius 2 is 1.38 bits per heavy atom. The Morgan fingerprint density at radius 3 is 2.05 bits per heavy atom. The molecule has 39 heavy (non-hydrogen) atoms. The summed E-state index contributed by atoms with van der Waals surface area (Å²) < 4.78 is 5.32. The summed E-state index contributed by atoms with van der Waals surface area (Å²) in [6, 6.07) is 30.1. The van der Waals surface area contributed by atoms with Gasteiger partial charge in [-0.3, -0.25) is 14.4 Å². The molecule has 1 spiro atoms. The maximum absolute atomic E-state index is 14.6. The Labute approximate surface area is 226 Å². The van der Waals surface area contributed by atoms with E-state index in [4.69, 9.17) is 4.74 Å². The largest absolute Gasteiger partial charge is 0.497 e. The second-order valence-electron chi connectivity index (χ2n) is 10.3. The van der Waals surface area contributed by atoms with Gasteiger partial charge in [-0.2, -0.15) is 0 Å². The van der Waals surface area contributed by atoms with Crippen LogP contribution in [0.3, 0.4) is 0 Å². The van der Waals surface area contributed by atoms with Gasteiger partial charge in [0.1, 0.15) is 17.2 Å². The molecule has 0 radical (unpaired) electrons. The van der Waals surface area contributed by atoms with Crippen molar-refractivity contribution in [2.75, 3.05) is 12.0 Å². The molecule has 3 aliphatic rings. The first-order chi connectivity index (χ1) is 19.1. The molecule has 0 unspecified atom stereocenters.